The SMILES string of the molecule is CC(O)c1cc(C(C)O[Si](C)(C)C(C)(C)C)cc(C(C)(C)C)c1. The average molecular weight is 337 g/mol. The second-order valence-corrected chi connectivity index (χ2v) is 14.1. The highest BCUT2D eigenvalue weighted by Crippen LogP contribution is 2.40. The highest BCUT2D eigenvalue weighted by molar-refractivity contribution is 6.74. The van der Waals surface area contributed by atoms with Crippen LogP contribution in [0.1, 0.15) is 84.3 Å². The molecule has 1 N–H and O–H groups in total. The molecule has 0 amide bonds. The number of aliphatic hydroxyl groups excluding tert-OH is 1. The van der Waals surface area contributed by atoms with Gasteiger partial charge in [-0.15, -0.1) is 0 Å². The predicted octanol–water partition coefficient (Wildman–Crippen LogP) is 6.12. The Balaban J connectivity index is 3.23. The summed E-state index contributed by atoms with van der Waals surface area (Å²) in [6.07, 6.45) is -0.424. The first-order chi connectivity index (χ1) is 10.1. The second kappa shape index (κ2) is 6.70. The summed E-state index contributed by atoms with van der Waals surface area (Å²) in [5.41, 5.74) is 3.43. The molecule has 1 aromatic rings. The minimum Gasteiger partial charge on any atom is -0.410 e. The van der Waals surface area contributed by atoms with E-state index in [0.29, 0.717) is 0 Å². The normalized spacial score (nSPS) is 16.3. The molecule has 0 saturated carbocycles. The molecule has 0 aromatic heterocycles. The van der Waals surface area contributed by atoms with Gasteiger partial charge in [-0.2, -0.15) is 0 Å². The van der Waals surface area contributed by atoms with Crippen molar-refractivity contribution in [1.82, 2.24) is 0 Å². The Morgan fingerprint density at radius 3 is 1.78 bits per heavy atom. The van der Waals surface area contributed by atoms with E-state index in [1.165, 1.54) is 5.56 Å². The lowest BCUT2D eigenvalue weighted by atomic mass is 9.84. The standard InChI is InChI=1S/C20H36O2Si/c1-14(21)16-11-17(13-18(12-16)19(3,4)5)15(2)22-23(9,10)20(6,7)8/h11-15,21H,1-10H3. The molecule has 0 saturated heterocycles. The summed E-state index contributed by atoms with van der Waals surface area (Å²) in [5, 5.41) is 10.2. The van der Waals surface area contributed by atoms with Crippen LogP contribution in [0, 0.1) is 0 Å². The molecule has 0 fully saturated rings. The number of hydrogen-bond donors (Lipinski definition) is 1. The Morgan fingerprint density at radius 1 is 0.913 bits per heavy atom. The second-order valence-electron chi connectivity index (χ2n) is 9.33. The number of aliphatic hydroxyl groups is 1. The zero-order chi connectivity index (χ0) is 18.2. The van der Waals surface area contributed by atoms with E-state index in [-0.39, 0.29) is 16.6 Å². The van der Waals surface area contributed by atoms with Gasteiger partial charge < -0.3 is 9.53 Å². The molecule has 2 unspecified atom stereocenters. The minimum atomic E-state index is -1.82. The molecule has 3 heteroatoms. The van der Waals surface area contributed by atoms with Gasteiger partial charge in [-0.3, -0.25) is 0 Å². The smallest absolute Gasteiger partial charge is 0.192 e. The third-order valence-electron chi connectivity index (χ3n) is 5.07. The zero-order valence-electron chi connectivity index (χ0n) is 16.7. The van der Waals surface area contributed by atoms with E-state index in [9.17, 15) is 5.11 Å². The molecule has 1 aromatic carbocycles. The number of hydrogen-bond acceptors (Lipinski definition) is 2. The van der Waals surface area contributed by atoms with Gasteiger partial charge in [0.15, 0.2) is 8.32 Å². The molecule has 0 heterocycles. The summed E-state index contributed by atoms with van der Waals surface area (Å²) in [5.74, 6) is 0. The lowest BCUT2D eigenvalue weighted by molar-refractivity contribution is 0.194. The molecular weight excluding hydrogens is 300 g/mol. The van der Waals surface area contributed by atoms with Crippen LogP contribution in [0.5, 0.6) is 0 Å². The molecular formula is C20H36O2Si. The fraction of sp³-hybridized carbons (Fsp3) is 0.700. The van der Waals surface area contributed by atoms with Crippen molar-refractivity contribution < 1.29 is 9.53 Å². The fourth-order valence-corrected chi connectivity index (χ4v) is 3.65. The van der Waals surface area contributed by atoms with E-state index < -0.39 is 14.4 Å². The predicted molar refractivity (Wildman–Crippen MR) is 102 cm³/mol. The van der Waals surface area contributed by atoms with Crippen molar-refractivity contribution in [3.63, 3.8) is 0 Å². The third kappa shape index (κ3) is 5.17. The fourth-order valence-electron chi connectivity index (χ4n) is 2.27. The van der Waals surface area contributed by atoms with E-state index in [1.54, 1.807) is 0 Å². The Labute approximate surface area is 144 Å². The van der Waals surface area contributed by atoms with Crippen LogP contribution in [-0.2, 0) is 9.84 Å². The van der Waals surface area contributed by atoms with E-state index in [0.717, 1.165) is 11.1 Å². The quantitative estimate of drug-likeness (QED) is 0.671. The molecule has 0 aliphatic carbocycles. The highest BCUT2D eigenvalue weighted by Gasteiger charge is 2.38. The van der Waals surface area contributed by atoms with Gasteiger partial charge in [0, 0.05) is 0 Å². The van der Waals surface area contributed by atoms with Gasteiger partial charge in [-0.1, -0.05) is 59.7 Å². The maximum Gasteiger partial charge on any atom is 0.192 e. The van der Waals surface area contributed by atoms with Crippen molar-refractivity contribution >= 4 is 8.32 Å². The maximum atomic E-state index is 10.0. The Bertz CT molecular complexity index is 534. The molecule has 0 bridgehead atoms. The Morgan fingerprint density at radius 2 is 1.39 bits per heavy atom. The van der Waals surface area contributed by atoms with Gasteiger partial charge in [0.1, 0.15) is 0 Å². The zero-order valence-corrected chi connectivity index (χ0v) is 17.7. The van der Waals surface area contributed by atoms with Gasteiger partial charge in [0.05, 0.1) is 12.2 Å². The van der Waals surface area contributed by atoms with Crippen LogP contribution >= 0.6 is 0 Å². The van der Waals surface area contributed by atoms with Crippen LogP contribution in [-0.4, -0.2) is 13.4 Å². The summed E-state index contributed by atoms with van der Waals surface area (Å²) in [4.78, 5) is 0. The highest BCUT2D eigenvalue weighted by atomic mass is 28.4. The summed E-state index contributed by atoms with van der Waals surface area (Å²) in [6.45, 7) is 21.9. The van der Waals surface area contributed by atoms with E-state index in [2.05, 4.69) is 79.8 Å². The van der Waals surface area contributed by atoms with E-state index >= 15 is 0 Å². The summed E-state index contributed by atoms with van der Waals surface area (Å²) >= 11 is 0. The van der Waals surface area contributed by atoms with Crippen molar-refractivity contribution in [2.45, 2.75) is 91.1 Å². The number of benzene rings is 1. The van der Waals surface area contributed by atoms with Crippen LogP contribution in [0.25, 0.3) is 0 Å². The van der Waals surface area contributed by atoms with Crippen LogP contribution in [0.3, 0.4) is 0 Å². The Hall–Kier alpha value is -0.643. The van der Waals surface area contributed by atoms with E-state index in [4.69, 9.17) is 4.43 Å². The number of rotatable bonds is 4. The minimum absolute atomic E-state index is 0.0377. The summed E-state index contributed by atoms with van der Waals surface area (Å²) in [7, 11) is -1.82. The molecule has 0 aliphatic heterocycles. The molecule has 0 spiro atoms. The van der Waals surface area contributed by atoms with Crippen LogP contribution in [0.15, 0.2) is 18.2 Å². The maximum absolute atomic E-state index is 10.0. The van der Waals surface area contributed by atoms with Crippen molar-refractivity contribution in [3.8, 4) is 0 Å². The first kappa shape index (κ1) is 20.4. The van der Waals surface area contributed by atoms with Gasteiger partial charge in [-0.05, 0) is 54.1 Å². The van der Waals surface area contributed by atoms with Gasteiger partial charge in [0.25, 0.3) is 0 Å². The molecule has 2 nitrogen and oxygen atoms in total. The summed E-state index contributed by atoms with van der Waals surface area (Å²) < 4.78 is 6.55. The largest absolute Gasteiger partial charge is 0.410 e. The van der Waals surface area contributed by atoms with E-state index in [1.807, 2.05) is 6.92 Å². The van der Waals surface area contributed by atoms with Crippen LogP contribution in [0.2, 0.25) is 18.1 Å². The van der Waals surface area contributed by atoms with Crippen molar-refractivity contribution in [2.75, 3.05) is 0 Å². The topological polar surface area (TPSA) is 29.5 Å². The van der Waals surface area contributed by atoms with Crippen LogP contribution in [0.4, 0.5) is 0 Å². The lowest BCUT2D eigenvalue weighted by Crippen LogP contribution is -2.41. The average Bonchev–Trinajstić information content (AvgIpc) is 2.35. The van der Waals surface area contributed by atoms with Gasteiger partial charge >= 0.3 is 0 Å². The molecule has 0 aliphatic rings. The lowest BCUT2D eigenvalue weighted by Gasteiger charge is -2.39. The van der Waals surface area contributed by atoms with Gasteiger partial charge in [0.2, 0.25) is 0 Å². The van der Waals surface area contributed by atoms with Crippen LogP contribution < -0.4 is 0 Å². The first-order valence-electron chi connectivity index (χ1n) is 8.66. The third-order valence-corrected chi connectivity index (χ3v) is 9.63. The van der Waals surface area contributed by atoms with Crippen molar-refractivity contribution in [2.24, 2.45) is 0 Å². The summed E-state index contributed by atoms with van der Waals surface area (Å²) in [6, 6.07) is 6.45. The molecule has 1 rings (SSSR count). The molecule has 2 atom stereocenters. The molecule has 0 radical (unpaired) electrons. The van der Waals surface area contributed by atoms with Crippen molar-refractivity contribution in [1.29, 1.82) is 0 Å². The first-order valence-corrected chi connectivity index (χ1v) is 11.6. The molecule has 23 heavy (non-hydrogen) atoms. The monoisotopic (exact) mass is 336 g/mol. The van der Waals surface area contributed by atoms with Crippen molar-refractivity contribution in [3.05, 3.63) is 34.9 Å². The van der Waals surface area contributed by atoms with Gasteiger partial charge in [-0.25, -0.2) is 0 Å². The molecule has 132 valence electrons. The Kier molecular flexibility index (Phi) is 5.94.